The molecule has 0 bridgehead atoms. The lowest BCUT2D eigenvalue weighted by Crippen LogP contribution is -2.48. The van der Waals surface area contributed by atoms with Gasteiger partial charge in [0.25, 0.3) is 0 Å². The Labute approximate surface area is 168 Å². The first-order chi connectivity index (χ1) is 12.7. The highest BCUT2D eigenvalue weighted by Crippen LogP contribution is 2.21. The summed E-state index contributed by atoms with van der Waals surface area (Å²) in [4.78, 5) is 18.1. The van der Waals surface area contributed by atoms with E-state index in [4.69, 9.17) is 0 Å². The molecule has 1 saturated heterocycles. The predicted molar refractivity (Wildman–Crippen MR) is 115 cm³/mol. The molecule has 1 unspecified atom stereocenters. The molecule has 27 heavy (non-hydrogen) atoms. The highest BCUT2D eigenvalue weighted by Gasteiger charge is 2.26. The molecule has 0 aliphatic carbocycles. The summed E-state index contributed by atoms with van der Waals surface area (Å²) in [6, 6.07) is 8.26. The normalized spacial score (nSPS) is 16.8. The van der Waals surface area contributed by atoms with E-state index in [1.54, 1.807) is 0 Å². The van der Waals surface area contributed by atoms with Crippen LogP contribution in [0.2, 0.25) is 0 Å². The van der Waals surface area contributed by atoms with Gasteiger partial charge in [-0.05, 0) is 76.8 Å². The number of fused-ring (bicyclic) bond motifs is 1. The van der Waals surface area contributed by atoms with Crippen molar-refractivity contribution < 1.29 is 4.79 Å². The third-order valence-electron chi connectivity index (χ3n) is 5.75. The number of H-pyrrole nitrogens is 1. The van der Waals surface area contributed by atoms with E-state index in [1.165, 1.54) is 30.2 Å². The van der Waals surface area contributed by atoms with E-state index < -0.39 is 0 Å². The molecule has 3 rings (SSSR count). The summed E-state index contributed by atoms with van der Waals surface area (Å²) >= 11 is 0. The summed E-state index contributed by atoms with van der Waals surface area (Å²) in [6.45, 7) is 5.88. The highest BCUT2D eigenvalue weighted by atomic mass is 35.5. The van der Waals surface area contributed by atoms with Gasteiger partial charge in [0.1, 0.15) is 0 Å². The van der Waals surface area contributed by atoms with Crippen molar-refractivity contribution in [3.63, 3.8) is 0 Å². The van der Waals surface area contributed by atoms with Crippen LogP contribution in [0.1, 0.15) is 31.7 Å². The minimum absolute atomic E-state index is 0. The monoisotopic (exact) mass is 392 g/mol. The van der Waals surface area contributed by atoms with Crippen molar-refractivity contribution >= 4 is 29.2 Å². The van der Waals surface area contributed by atoms with E-state index in [0.29, 0.717) is 6.54 Å². The number of nitrogens with zero attached hydrogens (tertiary/aromatic N) is 1. The van der Waals surface area contributed by atoms with Gasteiger partial charge < -0.3 is 15.6 Å². The van der Waals surface area contributed by atoms with E-state index in [9.17, 15) is 4.79 Å². The van der Waals surface area contributed by atoms with Crippen LogP contribution >= 0.6 is 12.4 Å². The van der Waals surface area contributed by atoms with Gasteiger partial charge in [-0.1, -0.05) is 18.2 Å². The van der Waals surface area contributed by atoms with Crippen molar-refractivity contribution in [2.45, 2.75) is 38.6 Å². The Bertz CT molecular complexity index is 709. The summed E-state index contributed by atoms with van der Waals surface area (Å²) in [7, 11) is 2.01. The maximum Gasteiger partial charge on any atom is 0.237 e. The van der Waals surface area contributed by atoms with Crippen LogP contribution in [0.4, 0.5) is 0 Å². The van der Waals surface area contributed by atoms with Gasteiger partial charge in [-0.25, -0.2) is 0 Å². The van der Waals surface area contributed by atoms with Crippen LogP contribution in [0.25, 0.3) is 10.9 Å². The van der Waals surface area contributed by atoms with Crippen molar-refractivity contribution in [2.75, 3.05) is 33.2 Å². The van der Waals surface area contributed by atoms with E-state index >= 15 is 0 Å². The number of aromatic nitrogens is 1. The number of hydrogen-bond acceptors (Lipinski definition) is 3. The Morgan fingerprint density at radius 1 is 1.26 bits per heavy atom. The fourth-order valence-corrected chi connectivity index (χ4v) is 3.95. The number of benzene rings is 1. The molecular formula is C21H33ClN4O. The average molecular weight is 393 g/mol. The van der Waals surface area contributed by atoms with Crippen LogP contribution in [0.5, 0.6) is 0 Å². The smallest absolute Gasteiger partial charge is 0.237 e. The number of carbonyl (C=O) groups is 1. The Kier molecular flexibility index (Phi) is 8.61. The molecule has 1 aromatic carbocycles. The number of aromatic amines is 1. The number of hydrogen-bond donors (Lipinski definition) is 3. The SMILES string of the molecule is CNCCC1CCN(C(C)C(=O)NCCc2c[nH]c3ccccc23)CC1.Cl. The van der Waals surface area contributed by atoms with Gasteiger partial charge in [0, 0.05) is 23.6 Å². The van der Waals surface area contributed by atoms with E-state index in [2.05, 4.69) is 44.9 Å². The summed E-state index contributed by atoms with van der Waals surface area (Å²) in [6.07, 6.45) is 6.56. The summed E-state index contributed by atoms with van der Waals surface area (Å²) < 4.78 is 0. The molecule has 1 aliphatic rings. The van der Waals surface area contributed by atoms with Gasteiger partial charge >= 0.3 is 0 Å². The minimum Gasteiger partial charge on any atom is -0.361 e. The quantitative estimate of drug-likeness (QED) is 0.647. The largest absolute Gasteiger partial charge is 0.361 e. The van der Waals surface area contributed by atoms with Crippen LogP contribution in [0.15, 0.2) is 30.5 Å². The van der Waals surface area contributed by atoms with E-state index in [0.717, 1.165) is 37.5 Å². The molecule has 3 N–H and O–H groups in total. The Morgan fingerprint density at radius 2 is 2.00 bits per heavy atom. The molecule has 150 valence electrons. The first-order valence-corrected chi connectivity index (χ1v) is 9.90. The van der Waals surface area contributed by atoms with Gasteiger partial charge in [-0.3, -0.25) is 9.69 Å². The van der Waals surface area contributed by atoms with Gasteiger partial charge in [0.2, 0.25) is 5.91 Å². The Hall–Kier alpha value is -1.56. The van der Waals surface area contributed by atoms with Crippen LogP contribution < -0.4 is 10.6 Å². The molecule has 1 aliphatic heterocycles. The van der Waals surface area contributed by atoms with Crippen LogP contribution in [0, 0.1) is 5.92 Å². The van der Waals surface area contributed by atoms with Gasteiger partial charge in [0.15, 0.2) is 0 Å². The molecule has 0 spiro atoms. The number of rotatable bonds is 8. The number of halogens is 1. The number of nitrogens with one attached hydrogen (secondary N) is 3. The van der Waals surface area contributed by atoms with E-state index in [-0.39, 0.29) is 24.4 Å². The second-order valence-electron chi connectivity index (χ2n) is 7.45. The fraction of sp³-hybridized carbons (Fsp3) is 0.571. The molecule has 1 atom stereocenters. The zero-order valence-electron chi connectivity index (χ0n) is 16.5. The lowest BCUT2D eigenvalue weighted by atomic mass is 9.93. The maximum atomic E-state index is 12.5. The third-order valence-corrected chi connectivity index (χ3v) is 5.75. The number of piperidine rings is 1. The second-order valence-corrected chi connectivity index (χ2v) is 7.45. The fourth-order valence-electron chi connectivity index (χ4n) is 3.95. The molecule has 1 amide bonds. The van der Waals surface area contributed by atoms with Crippen LogP contribution in [-0.2, 0) is 11.2 Å². The maximum absolute atomic E-state index is 12.5. The second kappa shape index (κ2) is 10.7. The molecule has 1 aromatic heterocycles. The molecule has 2 aromatic rings. The lowest BCUT2D eigenvalue weighted by Gasteiger charge is -2.35. The molecule has 0 radical (unpaired) electrons. The van der Waals surface area contributed by atoms with Gasteiger partial charge in [-0.2, -0.15) is 0 Å². The van der Waals surface area contributed by atoms with Gasteiger partial charge in [0.05, 0.1) is 6.04 Å². The van der Waals surface area contributed by atoms with Crippen molar-refractivity contribution in [1.82, 2.24) is 20.5 Å². The standard InChI is InChI=1S/C21H32N4O.ClH/c1-16(25-13-9-17(10-14-25)7-11-22-2)21(26)23-12-8-18-15-24-20-6-4-3-5-19(18)20;/h3-6,15-17,22,24H,7-14H2,1-2H3,(H,23,26);1H. The Morgan fingerprint density at radius 3 is 2.74 bits per heavy atom. The zero-order chi connectivity index (χ0) is 18.4. The number of para-hydroxylation sites is 1. The highest BCUT2D eigenvalue weighted by molar-refractivity contribution is 5.85. The van der Waals surface area contributed by atoms with Crippen molar-refractivity contribution in [2.24, 2.45) is 5.92 Å². The molecular weight excluding hydrogens is 360 g/mol. The molecule has 5 nitrogen and oxygen atoms in total. The number of likely N-dealkylation sites (tertiary alicyclic amines) is 1. The molecule has 2 heterocycles. The Balaban J connectivity index is 0.00000261. The minimum atomic E-state index is -0.0387. The third kappa shape index (κ3) is 5.71. The molecule has 1 fully saturated rings. The van der Waals surface area contributed by atoms with E-state index in [1.807, 2.05) is 20.0 Å². The van der Waals surface area contributed by atoms with Crippen LogP contribution in [-0.4, -0.2) is 55.1 Å². The lowest BCUT2D eigenvalue weighted by molar-refractivity contribution is -0.126. The van der Waals surface area contributed by atoms with Crippen molar-refractivity contribution in [3.8, 4) is 0 Å². The first-order valence-electron chi connectivity index (χ1n) is 9.90. The van der Waals surface area contributed by atoms with Gasteiger partial charge in [-0.15, -0.1) is 12.4 Å². The topological polar surface area (TPSA) is 60.2 Å². The number of amides is 1. The summed E-state index contributed by atoms with van der Waals surface area (Å²) in [5.41, 5.74) is 2.42. The van der Waals surface area contributed by atoms with Crippen LogP contribution in [0.3, 0.4) is 0 Å². The zero-order valence-corrected chi connectivity index (χ0v) is 17.3. The molecule has 0 saturated carbocycles. The molecule has 6 heteroatoms. The van der Waals surface area contributed by atoms with Crippen molar-refractivity contribution in [3.05, 3.63) is 36.0 Å². The number of carbonyl (C=O) groups excluding carboxylic acids is 1. The first kappa shape index (κ1) is 21.7. The average Bonchev–Trinajstić information content (AvgIpc) is 3.09. The summed E-state index contributed by atoms with van der Waals surface area (Å²) in [5.74, 6) is 0.953. The van der Waals surface area contributed by atoms with Crippen molar-refractivity contribution in [1.29, 1.82) is 0 Å². The predicted octanol–water partition coefficient (Wildman–Crippen LogP) is 2.96. The summed E-state index contributed by atoms with van der Waals surface area (Å²) in [5, 5.41) is 7.61.